The van der Waals surface area contributed by atoms with Gasteiger partial charge in [0.05, 0.1) is 0 Å². The van der Waals surface area contributed by atoms with Crippen molar-refractivity contribution in [1.82, 2.24) is 0 Å². The summed E-state index contributed by atoms with van der Waals surface area (Å²) in [5.41, 5.74) is 5.76. The van der Waals surface area contributed by atoms with Gasteiger partial charge in [-0.05, 0) is 43.9 Å². The van der Waals surface area contributed by atoms with Gasteiger partial charge in [-0.1, -0.05) is 29.5 Å². The average molecular weight is 250 g/mol. The van der Waals surface area contributed by atoms with Gasteiger partial charge in [-0.3, -0.25) is 0 Å². The highest BCUT2D eigenvalue weighted by Gasteiger charge is 2.29. The first-order chi connectivity index (χ1) is 8.07. The molecule has 17 heavy (non-hydrogen) atoms. The Hall–Kier alpha value is -1.01. The molecule has 1 fully saturated rings. The molecule has 0 amide bonds. The lowest BCUT2D eigenvalue weighted by molar-refractivity contribution is 0.0556. The van der Waals surface area contributed by atoms with Gasteiger partial charge >= 0.3 is 0 Å². The van der Waals surface area contributed by atoms with Crippen molar-refractivity contribution in [1.29, 1.82) is 0 Å². The van der Waals surface area contributed by atoms with E-state index in [-0.39, 0.29) is 6.04 Å². The fourth-order valence-corrected chi connectivity index (χ4v) is 2.19. The predicted molar refractivity (Wildman–Crippen MR) is 69.7 cm³/mol. The van der Waals surface area contributed by atoms with Crippen molar-refractivity contribution in [2.75, 3.05) is 0 Å². The highest BCUT2D eigenvalue weighted by molar-refractivity contribution is 6.30. The molecule has 0 heterocycles. The Morgan fingerprint density at radius 3 is 2.71 bits per heavy atom. The number of rotatable bonds is 0. The van der Waals surface area contributed by atoms with Crippen LogP contribution < -0.4 is 5.73 Å². The van der Waals surface area contributed by atoms with Gasteiger partial charge in [0.2, 0.25) is 0 Å². The summed E-state index contributed by atoms with van der Waals surface area (Å²) in [4.78, 5) is 0. The number of hydrogen-bond donors (Lipinski definition) is 2. The Kier molecular flexibility index (Phi) is 3.73. The van der Waals surface area contributed by atoms with Crippen LogP contribution in [0.1, 0.15) is 31.2 Å². The van der Waals surface area contributed by atoms with E-state index in [1.165, 1.54) is 0 Å². The molecule has 0 aliphatic heterocycles. The van der Waals surface area contributed by atoms with Crippen molar-refractivity contribution in [2.45, 2.75) is 37.3 Å². The molecule has 1 aliphatic rings. The Balaban J connectivity index is 2.10. The summed E-state index contributed by atoms with van der Waals surface area (Å²) in [7, 11) is 0. The zero-order chi connectivity index (χ0) is 12.3. The van der Waals surface area contributed by atoms with E-state index in [0.29, 0.717) is 17.9 Å². The second-order valence-corrected chi connectivity index (χ2v) is 5.07. The largest absolute Gasteiger partial charge is 0.378 e. The lowest BCUT2D eigenvalue weighted by Gasteiger charge is -2.30. The van der Waals surface area contributed by atoms with E-state index < -0.39 is 5.60 Å². The Labute approximate surface area is 107 Å². The first kappa shape index (κ1) is 12.4. The van der Waals surface area contributed by atoms with Gasteiger partial charge in [0.1, 0.15) is 5.60 Å². The first-order valence-electron chi connectivity index (χ1n) is 5.84. The van der Waals surface area contributed by atoms with E-state index in [1.54, 1.807) is 12.1 Å². The summed E-state index contributed by atoms with van der Waals surface area (Å²) in [5, 5.41) is 10.9. The van der Waals surface area contributed by atoms with Gasteiger partial charge in [0, 0.05) is 16.6 Å². The van der Waals surface area contributed by atoms with Gasteiger partial charge in [-0.2, -0.15) is 0 Å². The molecule has 3 heteroatoms. The van der Waals surface area contributed by atoms with Crippen molar-refractivity contribution >= 4 is 11.6 Å². The van der Waals surface area contributed by atoms with Crippen LogP contribution in [0.3, 0.4) is 0 Å². The number of aliphatic hydroxyl groups is 1. The van der Waals surface area contributed by atoms with E-state index >= 15 is 0 Å². The summed E-state index contributed by atoms with van der Waals surface area (Å²) in [6, 6.07) is 7.56. The monoisotopic (exact) mass is 249 g/mol. The molecule has 3 N–H and O–H groups in total. The van der Waals surface area contributed by atoms with Crippen molar-refractivity contribution in [3.8, 4) is 11.8 Å². The maximum Gasteiger partial charge on any atom is 0.126 e. The molecule has 0 aromatic heterocycles. The lowest BCUT2D eigenvalue weighted by Crippen LogP contribution is -2.37. The Morgan fingerprint density at radius 2 is 2.06 bits per heavy atom. The topological polar surface area (TPSA) is 46.2 Å². The summed E-state index contributed by atoms with van der Waals surface area (Å²) in [6.45, 7) is 0. The first-order valence-corrected chi connectivity index (χ1v) is 6.22. The standard InChI is InChI=1S/C14H16ClNO/c15-12-3-1-2-11(10-12)4-7-14(17)8-5-13(16)6-9-14/h1-3,10,13,17H,5-6,8-9,16H2/t13-,14-. The average Bonchev–Trinajstić information content (AvgIpc) is 2.31. The minimum absolute atomic E-state index is 0.211. The summed E-state index contributed by atoms with van der Waals surface area (Å²) in [5.74, 6) is 5.94. The number of benzene rings is 1. The zero-order valence-corrected chi connectivity index (χ0v) is 10.4. The van der Waals surface area contributed by atoms with Crippen LogP contribution in [-0.4, -0.2) is 16.7 Å². The fourth-order valence-electron chi connectivity index (χ4n) is 2.00. The molecule has 90 valence electrons. The molecule has 0 bridgehead atoms. The van der Waals surface area contributed by atoms with Crippen LogP contribution in [0.5, 0.6) is 0 Å². The van der Waals surface area contributed by atoms with Crippen LogP contribution in [0.2, 0.25) is 5.02 Å². The van der Waals surface area contributed by atoms with E-state index in [1.807, 2.05) is 12.1 Å². The SMILES string of the molecule is N[C@H]1CC[C@@](O)(C#Cc2cccc(Cl)c2)CC1. The molecular formula is C14H16ClNO. The third-order valence-electron chi connectivity index (χ3n) is 3.12. The molecule has 1 aliphatic carbocycles. The van der Waals surface area contributed by atoms with Gasteiger partial charge in [0.15, 0.2) is 0 Å². The van der Waals surface area contributed by atoms with E-state index in [4.69, 9.17) is 17.3 Å². The Bertz CT molecular complexity index is 453. The zero-order valence-electron chi connectivity index (χ0n) is 9.62. The van der Waals surface area contributed by atoms with Crippen LogP contribution in [0.25, 0.3) is 0 Å². The molecule has 0 radical (unpaired) electrons. The van der Waals surface area contributed by atoms with Crippen LogP contribution >= 0.6 is 11.6 Å². The number of nitrogens with two attached hydrogens (primary N) is 1. The third-order valence-corrected chi connectivity index (χ3v) is 3.36. The van der Waals surface area contributed by atoms with E-state index in [2.05, 4.69) is 11.8 Å². The summed E-state index contributed by atoms with van der Waals surface area (Å²) in [6.07, 6.45) is 2.98. The molecule has 1 aromatic carbocycles. The van der Waals surface area contributed by atoms with Crippen LogP contribution in [0.4, 0.5) is 0 Å². The quantitative estimate of drug-likeness (QED) is 0.694. The van der Waals surface area contributed by atoms with Gasteiger partial charge < -0.3 is 10.8 Å². The maximum atomic E-state index is 10.3. The molecule has 2 rings (SSSR count). The second-order valence-electron chi connectivity index (χ2n) is 4.63. The van der Waals surface area contributed by atoms with Gasteiger partial charge in [0.25, 0.3) is 0 Å². The second kappa shape index (κ2) is 5.10. The molecule has 1 saturated carbocycles. The highest BCUT2D eigenvalue weighted by atomic mass is 35.5. The molecule has 1 aromatic rings. The molecular weight excluding hydrogens is 234 g/mol. The predicted octanol–water partition coefficient (Wildman–Crippen LogP) is 2.32. The van der Waals surface area contributed by atoms with Gasteiger partial charge in [-0.15, -0.1) is 0 Å². The fraction of sp³-hybridized carbons (Fsp3) is 0.429. The lowest BCUT2D eigenvalue weighted by atomic mass is 9.83. The minimum atomic E-state index is -0.877. The number of hydrogen-bond acceptors (Lipinski definition) is 2. The van der Waals surface area contributed by atoms with E-state index in [0.717, 1.165) is 18.4 Å². The van der Waals surface area contributed by atoms with Crippen molar-refractivity contribution in [3.63, 3.8) is 0 Å². The smallest absolute Gasteiger partial charge is 0.126 e. The molecule has 0 spiro atoms. The molecule has 2 nitrogen and oxygen atoms in total. The van der Waals surface area contributed by atoms with Crippen LogP contribution in [0, 0.1) is 11.8 Å². The van der Waals surface area contributed by atoms with Crippen molar-refractivity contribution < 1.29 is 5.11 Å². The highest BCUT2D eigenvalue weighted by Crippen LogP contribution is 2.26. The maximum absolute atomic E-state index is 10.3. The molecule has 0 unspecified atom stereocenters. The van der Waals surface area contributed by atoms with Crippen LogP contribution in [0.15, 0.2) is 24.3 Å². The molecule has 0 saturated heterocycles. The Morgan fingerprint density at radius 1 is 1.35 bits per heavy atom. The number of halogens is 1. The third kappa shape index (κ3) is 3.47. The van der Waals surface area contributed by atoms with E-state index in [9.17, 15) is 5.11 Å². The summed E-state index contributed by atoms with van der Waals surface area (Å²) >= 11 is 5.87. The van der Waals surface area contributed by atoms with Crippen LogP contribution in [-0.2, 0) is 0 Å². The summed E-state index contributed by atoms with van der Waals surface area (Å²) < 4.78 is 0. The molecule has 0 atom stereocenters. The minimum Gasteiger partial charge on any atom is -0.378 e. The van der Waals surface area contributed by atoms with Crippen molar-refractivity contribution in [3.05, 3.63) is 34.9 Å². The van der Waals surface area contributed by atoms with Crippen molar-refractivity contribution in [2.24, 2.45) is 5.73 Å². The van der Waals surface area contributed by atoms with Gasteiger partial charge in [-0.25, -0.2) is 0 Å². The normalized spacial score (nSPS) is 28.3.